The molecule has 0 spiro atoms. The van der Waals surface area contributed by atoms with Gasteiger partial charge in [0.05, 0.1) is 0 Å². The van der Waals surface area contributed by atoms with Crippen molar-refractivity contribution in [3.63, 3.8) is 0 Å². The fourth-order valence-electron chi connectivity index (χ4n) is 2.48. The Bertz CT molecular complexity index is 388. The maximum absolute atomic E-state index is 9.67. The molecule has 0 radical (unpaired) electrons. The van der Waals surface area contributed by atoms with E-state index in [1.165, 1.54) is 25.7 Å². The lowest BCUT2D eigenvalue weighted by atomic mass is 9.75. The third-order valence-corrected chi connectivity index (χ3v) is 3.92. The van der Waals surface area contributed by atoms with Gasteiger partial charge in [-0.1, -0.05) is 19.9 Å². The number of nitrogens with one attached hydrogen (secondary N) is 1. The summed E-state index contributed by atoms with van der Waals surface area (Å²) in [7, 11) is 0. The van der Waals surface area contributed by atoms with Crippen LogP contribution in [0.4, 0.5) is 5.69 Å². The predicted octanol–water partition coefficient (Wildman–Crippen LogP) is 4.08. The van der Waals surface area contributed by atoms with Crippen LogP contribution in [0.5, 0.6) is 5.75 Å². The molecule has 0 unspecified atom stereocenters. The molecule has 0 heterocycles. The SMILES string of the molecule is Cc1ccc(NC2CCC(C)(C)CC2)cc1O. The first-order valence-corrected chi connectivity index (χ1v) is 6.52. The third kappa shape index (κ3) is 3.15. The van der Waals surface area contributed by atoms with Crippen molar-refractivity contribution >= 4 is 5.69 Å². The van der Waals surface area contributed by atoms with Gasteiger partial charge in [0.25, 0.3) is 0 Å². The Balaban J connectivity index is 1.95. The van der Waals surface area contributed by atoms with Crippen LogP contribution < -0.4 is 5.32 Å². The minimum atomic E-state index is 0.381. The summed E-state index contributed by atoms with van der Waals surface area (Å²) in [6.45, 7) is 6.62. The fraction of sp³-hybridized carbons (Fsp3) is 0.600. The Morgan fingerprint density at radius 1 is 1.24 bits per heavy atom. The lowest BCUT2D eigenvalue weighted by Gasteiger charge is -2.35. The molecule has 1 aliphatic rings. The van der Waals surface area contributed by atoms with Gasteiger partial charge >= 0.3 is 0 Å². The van der Waals surface area contributed by atoms with Crippen LogP contribution in [0.25, 0.3) is 0 Å². The van der Waals surface area contributed by atoms with Crippen molar-refractivity contribution in [1.82, 2.24) is 0 Å². The Kier molecular flexibility index (Phi) is 3.32. The molecule has 0 aromatic heterocycles. The molecular weight excluding hydrogens is 210 g/mol. The number of phenolic OH excluding ortho intramolecular Hbond substituents is 1. The summed E-state index contributed by atoms with van der Waals surface area (Å²) in [5.41, 5.74) is 2.48. The topological polar surface area (TPSA) is 32.3 Å². The van der Waals surface area contributed by atoms with Crippen molar-refractivity contribution in [2.24, 2.45) is 5.41 Å². The van der Waals surface area contributed by atoms with E-state index in [4.69, 9.17) is 0 Å². The molecule has 1 fully saturated rings. The minimum absolute atomic E-state index is 0.381. The van der Waals surface area contributed by atoms with E-state index in [1.54, 1.807) is 0 Å². The van der Waals surface area contributed by atoms with Crippen LogP contribution in [0.15, 0.2) is 18.2 Å². The molecule has 1 aliphatic carbocycles. The number of benzene rings is 1. The molecule has 0 saturated heterocycles. The maximum Gasteiger partial charge on any atom is 0.120 e. The summed E-state index contributed by atoms with van der Waals surface area (Å²) < 4.78 is 0. The van der Waals surface area contributed by atoms with Crippen molar-refractivity contribution in [2.45, 2.75) is 52.5 Å². The molecule has 0 amide bonds. The van der Waals surface area contributed by atoms with Crippen LogP contribution in [0.2, 0.25) is 0 Å². The van der Waals surface area contributed by atoms with Crippen molar-refractivity contribution in [3.8, 4) is 5.75 Å². The standard InChI is InChI=1S/C15H23NO/c1-11-4-5-13(10-14(11)17)16-12-6-8-15(2,3)9-7-12/h4-5,10,12,16-17H,6-9H2,1-3H3. The first kappa shape index (κ1) is 12.3. The molecule has 0 atom stereocenters. The quantitative estimate of drug-likeness (QED) is 0.806. The molecule has 1 aromatic carbocycles. The summed E-state index contributed by atoms with van der Waals surface area (Å²) >= 11 is 0. The Morgan fingerprint density at radius 3 is 2.47 bits per heavy atom. The first-order valence-electron chi connectivity index (χ1n) is 6.52. The van der Waals surface area contributed by atoms with Crippen LogP contribution in [0.3, 0.4) is 0 Å². The van der Waals surface area contributed by atoms with Gasteiger partial charge in [-0.25, -0.2) is 0 Å². The second kappa shape index (κ2) is 4.59. The number of anilines is 1. The number of hydrogen-bond acceptors (Lipinski definition) is 2. The van der Waals surface area contributed by atoms with Gasteiger partial charge in [-0.2, -0.15) is 0 Å². The van der Waals surface area contributed by atoms with Gasteiger partial charge in [0, 0.05) is 17.8 Å². The number of rotatable bonds is 2. The van der Waals surface area contributed by atoms with Gasteiger partial charge in [-0.05, 0) is 49.7 Å². The van der Waals surface area contributed by atoms with E-state index in [0.29, 0.717) is 17.2 Å². The molecular formula is C15H23NO. The van der Waals surface area contributed by atoms with Crippen molar-refractivity contribution in [1.29, 1.82) is 0 Å². The second-order valence-corrected chi connectivity index (χ2v) is 6.08. The highest BCUT2D eigenvalue weighted by Crippen LogP contribution is 2.36. The van der Waals surface area contributed by atoms with Crippen LogP contribution in [-0.2, 0) is 0 Å². The molecule has 17 heavy (non-hydrogen) atoms. The number of hydrogen-bond donors (Lipinski definition) is 2. The zero-order chi connectivity index (χ0) is 12.5. The van der Waals surface area contributed by atoms with Crippen LogP contribution in [0, 0.1) is 12.3 Å². The van der Waals surface area contributed by atoms with Crippen LogP contribution in [0.1, 0.15) is 45.1 Å². The monoisotopic (exact) mass is 233 g/mol. The molecule has 1 saturated carbocycles. The summed E-state index contributed by atoms with van der Waals surface area (Å²) in [6, 6.07) is 6.40. The smallest absolute Gasteiger partial charge is 0.120 e. The van der Waals surface area contributed by atoms with Crippen LogP contribution >= 0.6 is 0 Å². The van der Waals surface area contributed by atoms with E-state index in [2.05, 4.69) is 25.2 Å². The van der Waals surface area contributed by atoms with E-state index in [-0.39, 0.29) is 0 Å². The van der Waals surface area contributed by atoms with Gasteiger partial charge < -0.3 is 10.4 Å². The van der Waals surface area contributed by atoms with Gasteiger partial charge in [-0.3, -0.25) is 0 Å². The van der Waals surface area contributed by atoms with Gasteiger partial charge in [0.15, 0.2) is 0 Å². The molecule has 2 N–H and O–H groups in total. The van der Waals surface area contributed by atoms with E-state index in [9.17, 15) is 5.11 Å². The number of phenols is 1. The molecule has 2 rings (SSSR count). The molecule has 2 nitrogen and oxygen atoms in total. The molecule has 94 valence electrons. The highest BCUT2D eigenvalue weighted by molar-refractivity contribution is 5.51. The Hall–Kier alpha value is -1.18. The first-order chi connectivity index (χ1) is 7.96. The highest BCUT2D eigenvalue weighted by atomic mass is 16.3. The molecule has 0 bridgehead atoms. The summed E-state index contributed by atoms with van der Waals surface area (Å²) in [4.78, 5) is 0. The lowest BCUT2D eigenvalue weighted by Crippen LogP contribution is -2.29. The van der Waals surface area contributed by atoms with Crippen molar-refractivity contribution in [3.05, 3.63) is 23.8 Å². The number of aryl methyl sites for hydroxylation is 1. The van der Waals surface area contributed by atoms with Crippen LogP contribution in [-0.4, -0.2) is 11.1 Å². The second-order valence-electron chi connectivity index (χ2n) is 6.08. The van der Waals surface area contributed by atoms with E-state index < -0.39 is 0 Å². The Morgan fingerprint density at radius 2 is 1.88 bits per heavy atom. The van der Waals surface area contributed by atoms with Gasteiger partial charge in [0.2, 0.25) is 0 Å². The molecule has 1 aromatic rings. The Labute approximate surface area is 104 Å². The average molecular weight is 233 g/mol. The number of aromatic hydroxyl groups is 1. The van der Waals surface area contributed by atoms with Crippen molar-refractivity contribution < 1.29 is 5.11 Å². The van der Waals surface area contributed by atoms with E-state index in [1.807, 2.05) is 19.1 Å². The lowest BCUT2D eigenvalue weighted by molar-refractivity contribution is 0.232. The van der Waals surface area contributed by atoms with Gasteiger partial charge in [-0.15, -0.1) is 0 Å². The zero-order valence-electron chi connectivity index (χ0n) is 11.1. The molecule has 0 aliphatic heterocycles. The third-order valence-electron chi connectivity index (χ3n) is 3.92. The van der Waals surface area contributed by atoms with E-state index >= 15 is 0 Å². The summed E-state index contributed by atoms with van der Waals surface area (Å²) in [5, 5.41) is 13.2. The van der Waals surface area contributed by atoms with E-state index in [0.717, 1.165) is 11.3 Å². The normalized spacial score (nSPS) is 20.2. The fourth-order valence-corrected chi connectivity index (χ4v) is 2.48. The predicted molar refractivity (Wildman–Crippen MR) is 72.5 cm³/mol. The molecule has 2 heteroatoms. The van der Waals surface area contributed by atoms with Gasteiger partial charge in [0.1, 0.15) is 5.75 Å². The summed E-state index contributed by atoms with van der Waals surface area (Å²) in [6.07, 6.45) is 5.01. The zero-order valence-corrected chi connectivity index (χ0v) is 11.1. The average Bonchev–Trinajstić information content (AvgIpc) is 2.27. The maximum atomic E-state index is 9.67. The largest absolute Gasteiger partial charge is 0.508 e. The highest BCUT2D eigenvalue weighted by Gasteiger charge is 2.26. The summed E-state index contributed by atoms with van der Waals surface area (Å²) in [5.74, 6) is 0.381. The van der Waals surface area contributed by atoms with Crippen molar-refractivity contribution in [2.75, 3.05) is 5.32 Å². The minimum Gasteiger partial charge on any atom is -0.508 e.